The highest BCUT2D eigenvalue weighted by Gasteiger charge is 2.35. The molecular formula is C31H35N7O2. The second kappa shape index (κ2) is 10.2. The Balaban J connectivity index is 1.28. The summed E-state index contributed by atoms with van der Waals surface area (Å²) in [7, 11) is 0. The van der Waals surface area contributed by atoms with Gasteiger partial charge in [-0.3, -0.25) is 14.3 Å². The molecule has 3 heterocycles. The lowest BCUT2D eigenvalue weighted by atomic mass is 9.95. The van der Waals surface area contributed by atoms with Gasteiger partial charge in [-0.15, -0.1) is 0 Å². The monoisotopic (exact) mass is 537 g/mol. The number of para-hydroxylation sites is 1. The van der Waals surface area contributed by atoms with E-state index >= 15 is 0 Å². The Bertz CT molecular complexity index is 1570. The number of fused-ring (bicyclic) bond motifs is 1. The third-order valence-corrected chi connectivity index (χ3v) is 8.38. The van der Waals surface area contributed by atoms with E-state index in [1.165, 1.54) is 6.42 Å². The molecule has 9 nitrogen and oxygen atoms in total. The molecule has 2 N–H and O–H groups in total. The highest BCUT2D eigenvalue weighted by Crippen LogP contribution is 2.45. The number of carbonyl (C=O) groups excluding carboxylic acids is 2. The fourth-order valence-corrected chi connectivity index (χ4v) is 5.85. The van der Waals surface area contributed by atoms with Crippen LogP contribution in [0.3, 0.4) is 0 Å². The van der Waals surface area contributed by atoms with Crippen LogP contribution in [0, 0.1) is 0 Å². The Morgan fingerprint density at radius 1 is 0.925 bits per heavy atom. The molecular weight excluding hydrogens is 502 g/mol. The topological polar surface area (TPSA) is 107 Å². The third kappa shape index (κ3) is 4.78. The summed E-state index contributed by atoms with van der Waals surface area (Å²) in [6.45, 7) is 2.57. The van der Waals surface area contributed by atoms with E-state index in [4.69, 9.17) is 10.1 Å². The van der Waals surface area contributed by atoms with Gasteiger partial charge in [0.1, 0.15) is 0 Å². The number of rotatable bonds is 8. The first kappa shape index (κ1) is 25.0. The first-order chi connectivity index (χ1) is 19.6. The van der Waals surface area contributed by atoms with Gasteiger partial charge in [0.15, 0.2) is 11.3 Å². The molecule has 3 aliphatic rings. The first-order valence-corrected chi connectivity index (χ1v) is 14.8. The summed E-state index contributed by atoms with van der Waals surface area (Å²) in [6, 6.07) is 12.1. The number of nitrogens with one attached hydrogen (secondary N) is 2. The molecule has 206 valence electrons. The number of nitrogens with zero attached hydrogens (tertiary/aromatic N) is 5. The standard InChI is InChI=1S/C31H35N7O2/c1-2-37-18-25(28(35-37)31(40)32-21-9-5-3-6-10-21)34-30(39)23-17-24(19-13-14-19)33-29-26(23)27(20-15-16-20)36-38(29)22-11-7-4-8-12-22/h4,7-8,11-12,17-21H,2-3,5-6,9-10,13-16H2,1H3,(H,32,40)(H,34,39). The molecule has 0 atom stereocenters. The molecule has 1 aromatic carbocycles. The van der Waals surface area contributed by atoms with E-state index in [-0.39, 0.29) is 23.6 Å². The molecule has 40 heavy (non-hydrogen) atoms. The number of hydrogen-bond donors (Lipinski definition) is 2. The largest absolute Gasteiger partial charge is 0.348 e. The molecule has 0 bridgehead atoms. The highest BCUT2D eigenvalue weighted by atomic mass is 16.2. The van der Waals surface area contributed by atoms with E-state index < -0.39 is 0 Å². The molecule has 9 heteroatoms. The lowest BCUT2D eigenvalue weighted by Crippen LogP contribution is -2.36. The summed E-state index contributed by atoms with van der Waals surface area (Å²) in [5.41, 5.74) is 4.77. The van der Waals surface area contributed by atoms with Crippen molar-refractivity contribution in [3.63, 3.8) is 0 Å². The summed E-state index contributed by atoms with van der Waals surface area (Å²) in [6.07, 6.45) is 11.4. The molecule has 2 amide bonds. The van der Waals surface area contributed by atoms with Crippen molar-refractivity contribution in [3.05, 3.63) is 65.2 Å². The van der Waals surface area contributed by atoms with Crippen LogP contribution < -0.4 is 10.6 Å². The van der Waals surface area contributed by atoms with Crippen molar-refractivity contribution in [1.29, 1.82) is 0 Å². The molecule has 0 saturated heterocycles. The highest BCUT2D eigenvalue weighted by molar-refractivity contribution is 6.14. The van der Waals surface area contributed by atoms with Gasteiger partial charge >= 0.3 is 0 Å². The van der Waals surface area contributed by atoms with Crippen molar-refractivity contribution < 1.29 is 9.59 Å². The number of benzene rings is 1. The van der Waals surface area contributed by atoms with E-state index in [1.807, 2.05) is 48.0 Å². The minimum Gasteiger partial charge on any atom is -0.348 e. The summed E-state index contributed by atoms with van der Waals surface area (Å²) in [4.78, 5) is 32.4. The van der Waals surface area contributed by atoms with Gasteiger partial charge in [0, 0.05) is 36.3 Å². The molecule has 0 radical (unpaired) electrons. The third-order valence-electron chi connectivity index (χ3n) is 8.38. The van der Waals surface area contributed by atoms with Crippen LogP contribution in [0.25, 0.3) is 16.7 Å². The summed E-state index contributed by atoms with van der Waals surface area (Å²) in [5, 5.41) is 16.6. The van der Waals surface area contributed by atoms with Crippen molar-refractivity contribution in [2.24, 2.45) is 0 Å². The molecule has 3 aliphatic carbocycles. The fraction of sp³-hybridized carbons (Fsp3) is 0.452. The number of carbonyl (C=O) groups is 2. The number of anilines is 1. The number of pyridine rings is 1. The average Bonchev–Trinajstić information content (AvgIpc) is 3.93. The lowest BCUT2D eigenvalue weighted by molar-refractivity contribution is 0.0922. The van der Waals surface area contributed by atoms with Crippen molar-refractivity contribution in [1.82, 2.24) is 29.9 Å². The minimum absolute atomic E-state index is 0.155. The van der Waals surface area contributed by atoms with Gasteiger partial charge in [-0.2, -0.15) is 10.2 Å². The SMILES string of the molecule is CCn1cc(NC(=O)c2cc(C3CC3)nc3c2c(C2CC2)nn3-c2ccccc2)c(C(=O)NC2CCCCC2)n1. The van der Waals surface area contributed by atoms with E-state index in [9.17, 15) is 9.59 Å². The summed E-state index contributed by atoms with van der Waals surface area (Å²) < 4.78 is 3.59. The Morgan fingerprint density at radius 2 is 1.68 bits per heavy atom. The zero-order chi connectivity index (χ0) is 27.2. The van der Waals surface area contributed by atoms with Crippen molar-refractivity contribution in [3.8, 4) is 5.69 Å². The van der Waals surface area contributed by atoms with Crippen LogP contribution in [-0.4, -0.2) is 42.4 Å². The van der Waals surface area contributed by atoms with Gasteiger partial charge in [-0.05, 0) is 63.6 Å². The molecule has 3 saturated carbocycles. The molecule has 4 aromatic rings. The van der Waals surface area contributed by atoms with Crippen LogP contribution in [0.15, 0.2) is 42.6 Å². The zero-order valence-corrected chi connectivity index (χ0v) is 22.9. The molecule has 0 unspecified atom stereocenters. The van der Waals surface area contributed by atoms with Crippen molar-refractivity contribution >= 4 is 28.5 Å². The maximum absolute atomic E-state index is 14.1. The second-order valence-corrected chi connectivity index (χ2v) is 11.5. The maximum atomic E-state index is 14.1. The number of amides is 2. The van der Waals surface area contributed by atoms with Crippen LogP contribution in [-0.2, 0) is 6.54 Å². The molecule has 0 spiro atoms. The molecule has 3 fully saturated rings. The van der Waals surface area contributed by atoms with Gasteiger partial charge in [-0.1, -0.05) is 37.5 Å². The predicted octanol–water partition coefficient (Wildman–Crippen LogP) is 5.71. The first-order valence-electron chi connectivity index (χ1n) is 14.8. The maximum Gasteiger partial charge on any atom is 0.274 e. The smallest absolute Gasteiger partial charge is 0.274 e. The number of hydrogen-bond acceptors (Lipinski definition) is 5. The number of aryl methyl sites for hydroxylation is 1. The summed E-state index contributed by atoms with van der Waals surface area (Å²) >= 11 is 0. The predicted molar refractivity (Wildman–Crippen MR) is 153 cm³/mol. The molecule has 0 aliphatic heterocycles. The Morgan fingerprint density at radius 3 is 2.38 bits per heavy atom. The van der Waals surface area contributed by atoms with Crippen LogP contribution >= 0.6 is 0 Å². The average molecular weight is 538 g/mol. The Labute approximate surface area is 233 Å². The van der Waals surface area contributed by atoms with Gasteiger partial charge in [-0.25, -0.2) is 9.67 Å². The Hall–Kier alpha value is -4.01. The van der Waals surface area contributed by atoms with E-state index in [2.05, 4.69) is 15.7 Å². The van der Waals surface area contributed by atoms with Crippen LogP contribution in [0.2, 0.25) is 0 Å². The van der Waals surface area contributed by atoms with E-state index in [1.54, 1.807) is 10.9 Å². The van der Waals surface area contributed by atoms with Crippen LogP contribution in [0.5, 0.6) is 0 Å². The van der Waals surface area contributed by atoms with Crippen molar-refractivity contribution in [2.75, 3.05) is 5.32 Å². The van der Waals surface area contributed by atoms with E-state index in [0.29, 0.717) is 29.6 Å². The summed E-state index contributed by atoms with van der Waals surface area (Å²) in [5.74, 6) is 0.195. The van der Waals surface area contributed by atoms with Gasteiger partial charge < -0.3 is 10.6 Å². The number of aromatic nitrogens is 5. The normalized spacial score (nSPS) is 17.7. The zero-order valence-electron chi connectivity index (χ0n) is 22.9. The van der Waals surface area contributed by atoms with Gasteiger partial charge in [0.05, 0.1) is 28.0 Å². The van der Waals surface area contributed by atoms with Crippen molar-refractivity contribution in [2.45, 2.75) is 89.1 Å². The Kier molecular flexibility index (Phi) is 6.37. The van der Waals surface area contributed by atoms with Crippen LogP contribution in [0.1, 0.15) is 109 Å². The fourth-order valence-electron chi connectivity index (χ4n) is 5.85. The van der Waals surface area contributed by atoms with Gasteiger partial charge in [0.2, 0.25) is 0 Å². The van der Waals surface area contributed by atoms with E-state index in [0.717, 1.165) is 79.5 Å². The van der Waals surface area contributed by atoms with Gasteiger partial charge in [0.25, 0.3) is 11.8 Å². The molecule has 7 rings (SSSR count). The lowest BCUT2D eigenvalue weighted by Gasteiger charge is -2.22. The second-order valence-electron chi connectivity index (χ2n) is 11.5. The minimum atomic E-state index is -0.258. The van der Waals surface area contributed by atoms with Crippen LogP contribution in [0.4, 0.5) is 5.69 Å². The quantitative estimate of drug-likeness (QED) is 0.300. The molecule has 3 aromatic heterocycles.